The molecule has 0 saturated carbocycles. The van der Waals surface area contributed by atoms with Gasteiger partial charge >= 0.3 is 0 Å². The maximum Gasteiger partial charge on any atom is 0.233 e. The van der Waals surface area contributed by atoms with Gasteiger partial charge in [0.25, 0.3) is 0 Å². The van der Waals surface area contributed by atoms with Crippen LogP contribution in [0.15, 0.2) is 24.3 Å². The molecular formula is C13H21N3O3S. The van der Waals surface area contributed by atoms with Gasteiger partial charge in [-0.25, -0.2) is 8.42 Å². The summed E-state index contributed by atoms with van der Waals surface area (Å²) in [6, 6.07) is 7.45. The lowest BCUT2D eigenvalue weighted by Crippen LogP contribution is -2.36. The van der Waals surface area contributed by atoms with Crippen LogP contribution < -0.4 is 14.9 Å². The second-order valence-electron chi connectivity index (χ2n) is 4.67. The Morgan fingerprint density at radius 2 is 1.85 bits per heavy atom. The van der Waals surface area contributed by atoms with Crippen LogP contribution in [0.3, 0.4) is 0 Å². The standard InChI is InChI=1S/C13H21N3O3S/c1-14-6-11-20(17,18)15-12-2-4-13(5-3-12)16-7-9-19-10-8-16/h2-5,14-15H,6-11H2,1H3. The fourth-order valence-corrected chi connectivity index (χ4v) is 3.10. The van der Waals surface area contributed by atoms with E-state index in [1.54, 1.807) is 19.2 Å². The second-order valence-corrected chi connectivity index (χ2v) is 6.51. The van der Waals surface area contributed by atoms with E-state index >= 15 is 0 Å². The summed E-state index contributed by atoms with van der Waals surface area (Å²) in [7, 11) is -1.55. The molecule has 0 unspecified atom stereocenters. The molecule has 1 aliphatic heterocycles. The molecule has 0 amide bonds. The molecule has 2 N–H and O–H groups in total. The number of rotatable bonds is 6. The summed E-state index contributed by atoms with van der Waals surface area (Å²) < 4.78 is 31.4. The topological polar surface area (TPSA) is 70.7 Å². The smallest absolute Gasteiger partial charge is 0.233 e. The Morgan fingerprint density at radius 1 is 1.20 bits per heavy atom. The van der Waals surface area contributed by atoms with Crippen molar-refractivity contribution < 1.29 is 13.2 Å². The lowest BCUT2D eigenvalue weighted by molar-refractivity contribution is 0.122. The molecule has 0 aromatic heterocycles. The Balaban J connectivity index is 1.97. The number of benzene rings is 1. The van der Waals surface area contributed by atoms with Gasteiger partial charge in [0.05, 0.1) is 19.0 Å². The van der Waals surface area contributed by atoms with E-state index in [9.17, 15) is 8.42 Å². The molecule has 20 heavy (non-hydrogen) atoms. The Hall–Kier alpha value is -1.31. The number of sulfonamides is 1. The number of hydrogen-bond acceptors (Lipinski definition) is 5. The number of ether oxygens (including phenoxy) is 1. The lowest BCUT2D eigenvalue weighted by Gasteiger charge is -2.28. The van der Waals surface area contributed by atoms with Crippen LogP contribution in [0.4, 0.5) is 11.4 Å². The van der Waals surface area contributed by atoms with E-state index in [0.717, 1.165) is 32.0 Å². The van der Waals surface area contributed by atoms with Crippen LogP contribution in [0.5, 0.6) is 0 Å². The van der Waals surface area contributed by atoms with Crippen LogP contribution in [0.25, 0.3) is 0 Å². The molecule has 1 aromatic carbocycles. The van der Waals surface area contributed by atoms with Crippen molar-refractivity contribution in [1.29, 1.82) is 0 Å². The van der Waals surface area contributed by atoms with Crippen molar-refractivity contribution in [2.75, 3.05) is 55.3 Å². The summed E-state index contributed by atoms with van der Waals surface area (Å²) in [4.78, 5) is 2.22. The highest BCUT2D eigenvalue weighted by atomic mass is 32.2. The fraction of sp³-hybridized carbons (Fsp3) is 0.538. The minimum absolute atomic E-state index is 0.0642. The molecule has 6 nitrogen and oxygen atoms in total. The van der Waals surface area contributed by atoms with Crippen molar-refractivity contribution in [3.8, 4) is 0 Å². The van der Waals surface area contributed by atoms with Crippen LogP contribution in [0.2, 0.25) is 0 Å². The van der Waals surface area contributed by atoms with Gasteiger partial charge in [0.2, 0.25) is 10.0 Å². The molecule has 1 aromatic rings. The molecule has 0 atom stereocenters. The molecule has 112 valence electrons. The van der Waals surface area contributed by atoms with E-state index in [1.165, 1.54) is 0 Å². The van der Waals surface area contributed by atoms with E-state index in [1.807, 2.05) is 12.1 Å². The highest BCUT2D eigenvalue weighted by Crippen LogP contribution is 2.19. The fourth-order valence-electron chi connectivity index (χ4n) is 2.03. The molecule has 1 saturated heterocycles. The van der Waals surface area contributed by atoms with Gasteiger partial charge in [-0.05, 0) is 31.3 Å². The minimum Gasteiger partial charge on any atom is -0.378 e. The molecule has 0 spiro atoms. The first-order chi connectivity index (χ1) is 9.61. The average Bonchev–Trinajstić information content (AvgIpc) is 2.46. The highest BCUT2D eigenvalue weighted by molar-refractivity contribution is 7.92. The van der Waals surface area contributed by atoms with E-state index in [0.29, 0.717) is 12.2 Å². The summed E-state index contributed by atoms with van der Waals surface area (Å²) in [6.07, 6.45) is 0. The van der Waals surface area contributed by atoms with Gasteiger partial charge in [0, 0.05) is 31.0 Å². The Bertz CT molecular complexity index is 510. The number of nitrogens with zero attached hydrogens (tertiary/aromatic N) is 1. The first kappa shape index (κ1) is 15.1. The maximum absolute atomic E-state index is 11.8. The quantitative estimate of drug-likeness (QED) is 0.800. The summed E-state index contributed by atoms with van der Waals surface area (Å²) in [5.41, 5.74) is 1.68. The van der Waals surface area contributed by atoms with E-state index in [2.05, 4.69) is 14.9 Å². The monoisotopic (exact) mass is 299 g/mol. The minimum atomic E-state index is -3.28. The normalized spacial score (nSPS) is 16.1. The third-order valence-electron chi connectivity index (χ3n) is 3.14. The van der Waals surface area contributed by atoms with Gasteiger partial charge in [-0.1, -0.05) is 0 Å². The molecule has 2 rings (SSSR count). The van der Waals surface area contributed by atoms with Gasteiger partial charge in [-0.15, -0.1) is 0 Å². The van der Waals surface area contributed by atoms with Crippen molar-refractivity contribution >= 4 is 21.4 Å². The lowest BCUT2D eigenvalue weighted by atomic mass is 10.2. The predicted octanol–water partition coefficient (Wildman–Crippen LogP) is 0.484. The van der Waals surface area contributed by atoms with E-state index < -0.39 is 10.0 Å². The van der Waals surface area contributed by atoms with Gasteiger partial charge in [-0.3, -0.25) is 4.72 Å². The summed E-state index contributed by atoms with van der Waals surface area (Å²) in [5, 5.41) is 2.82. The molecule has 1 aliphatic rings. The second kappa shape index (κ2) is 6.92. The number of morpholine rings is 1. The average molecular weight is 299 g/mol. The summed E-state index contributed by atoms with van der Waals surface area (Å²) in [5.74, 6) is 0.0642. The van der Waals surface area contributed by atoms with Crippen LogP contribution >= 0.6 is 0 Å². The highest BCUT2D eigenvalue weighted by Gasteiger charge is 2.12. The SMILES string of the molecule is CNCCS(=O)(=O)Nc1ccc(N2CCOCC2)cc1. The van der Waals surface area contributed by atoms with Gasteiger partial charge < -0.3 is 15.0 Å². The van der Waals surface area contributed by atoms with Crippen molar-refractivity contribution in [3.05, 3.63) is 24.3 Å². The van der Waals surface area contributed by atoms with Gasteiger partial charge in [0.1, 0.15) is 0 Å². The van der Waals surface area contributed by atoms with Crippen LogP contribution in [-0.4, -0.2) is 54.1 Å². The first-order valence-electron chi connectivity index (χ1n) is 6.68. The molecule has 0 radical (unpaired) electrons. The number of anilines is 2. The van der Waals surface area contributed by atoms with Gasteiger partial charge in [-0.2, -0.15) is 0 Å². The molecule has 0 aliphatic carbocycles. The van der Waals surface area contributed by atoms with Crippen LogP contribution in [0.1, 0.15) is 0 Å². The molecule has 7 heteroatoms. The zero-order valence-electron chi connectivity index (χ0n) is 11.6. The Morgan fingerprint density at radius 3 is 2.45 bits per heavy atom. The van der Waals surface area contributed by atoms with E-state index in [4.69, 9.17) is 4.74 Å². The Labute approximate surface area is 120 Å². The van der Waals surface area contributed by atoms with E-state index in [-0.39, 0.29) is 5.75 Å². The summed E-state index contributed by atoms with van der Waals surface area (Å²) >= 11 is 0. The maximum atomic E-state index is 11.8. The van der Waals surface area contributed by atoms with Crippen LogP contribution in [0, 0.1) is 0 Å². The van der Waals surface area contributed by atoms with Crippen molar-refractivity contribution in [1.82, 2.24) is 5.32 Å². The van der Waals surface area contributed by atoms with Crippen molar-refractivity contribution in [2.45, 2.75) is 0 Å². The Kier molecular flexibility index (Phi) is 5.22. The summed E-state index contributed by atoms with van der Waals surface area (Å²) in [6.45, 7) is 3.64. The first-order valence-corrected chi connectivity index (χ1v) is 8.34. The molecule has 0 bridgehead atoms. The third kappa shape index (κ3) is 4.36. The molecular weight excluding hydrogens is 278 g/mol. The zero-order chi connectivity index (χ0) is 14.4. The third-order valence-corrected chi connectivity index (χ3v) is 4.43. The van der Waals surface area contributed by atoms with Crippen molar-refractivity contribution in [2.24, 2.45) is 0 Å². The predicted molar refractivity (Wildman–Crippen MR) is 80.8 cm³/mol. The molecule has 1 heterocycles. The number of hydrogen-bond donors (Lipinski definition) is 2. The van der Waals surface area contributed by atoms with Crippen molar-refractivity contribution in [3.63, 3.8) is 0 Å². The largest absolute Gasteiger partial charge is 0.378 e. The zero-order valence-corrected chi connectivity index (χ0v) is 12.4. The van der Waals surface area contributed by atoms with Crippen LogP contribution in [-0.2, 0) is 14.8 Å². The molecule has 1 fully saturated rings. The van der Waals surface area contributed by atoms with Gasteiger partial charge in [0.15, 0.2) is 0 Å². The number of nitrogens with one attached hydrogen (secondary N) is 2.